The molecule has 0 saturated carbocycles. The summed E-state index contributed by atoms with van der Waals surface area (Å²) in [5.41, 5.74) is 0.0562. The predicted octanol–water partition coefficient (Wildman–Crippen LogP) is 3.20. The number of imide groups is 1. The van der Waals surface area contributed by atoms with Crippen LogP contribution in [0.3, 0.4) is 0 Å². The number of nitro groups is 1. The van der Waals surface area contributed by atoms with E-state index in [1.807, 2.05) is 13.8 Å². The lowest BCUT2D eigenvalue weighted by atomic mass is 10.1. The van der Waals surface area contributed by atoms with Crippen molar-refractivity contribution in [3.63, 3.8) is 0 Å². The Hall–Kier alpha value is -4.08. The van der Waals surface area contributed by atoms with E-state index in [-0.39, 0.29) is 23.0 Å². The number of rotatable bonds is 7. The van der Waals surface area contributed by atoms with Crippen molar-refractivity contribution in [2.75, 3.05) is 10.6 Å². The van der Waals surface area contributed by atoms with Crippen LogP contribution < -0.4 is 10.6 Å². The van der Waals surface area contributed by atoms with Crippen molar-refractivity contribution in [3.8, 4) is 0 Å². The van der Waals surface area contributed by atoms with Crippen molar-refractivity contribution in [2.45, 2.75) is 33.2 Å². The van der Waals surface area contributed by atoms with Crippen LogP contribution in [0.5, 0.6) is 0 Å². The van der Waals surface area contributed by atoms with Crippen LogP contribution in [0.1, 0.15) is 47.9 Å². The molecule has 2 aromatic carbocycles. The Morgan fingerprint density at radius 2 is 1.56 bits per heavy atom. The quantitative estimate of drug-likeness (QED) is 0.387. The second-order valence-electron chi connectivity index (χ2n) is 7.83. The molecule has 1 aliphatic rings. The van der Waals surface area contributed by atoms with Crippen molar-refractivity contribution >= 4 is 40.7 Å². The molecule has 0 aliphatic carbocycles. The summed E-state index contributed by atoms with van der Waals surface area (Å²) >= 11 is 0. The van der Waals surface area contributed by atoms with E-state index in [2.05, 4.69) is 10.6 Å². The van der Waals surface area contributed by atoms with Crippen LogP contribution in [-0.4, -0.2) is 39.5 Å². The molecular weight excluding hydrogens is 416 g/mol. The molecule has 10 nitrogen and oxygen atoms in total. The molecule has 166 valence electrons. The summed E-state index contributed by atoms with van der Waals surface area (Å²) < 4.78 is 0. The Labute approximate surface area is 183 Å². The topological polar surface area (TPSA) is 139 Å². The second kappa shape index (κ2) is 8.96. The smallest absolute Gasteiger partial charge is 0.282 e. The van der Waals surface area contributed by atoms with Crippen LogP contribution in [0.4, 0.5) is 17.1 Å². The molecule has 2 aromatic rings. The molecule has 1 aliphatic heterocycles. The third-order valence-corrected chi connectivity index (χ3v) is 4.92. The van der Waals surface area contributed by atoms with E-state index < -0.39 is 34.4 Å². The highest BCUT2D eigenvalue weighted by Crippen LogP contribution is 2.32. The van der Waals surface area contributed by atoms with Crippen molar-refractivity contribution in [3.05, 3.63) is 63.7 Å². The molecule has 0 saturated heterocycles. The Morgan fingerprint density at radius 3 is 2.12 bits per heavy atom. The van der Waals surface area contributed by atoms with E-state index in [1.165, 1.54) is 19.1 Å². The third-order valence-electron chi connectivity index (χ3n) is 4.92. The first kappa shape index (κ1) is 22.6. The summed E-state index contributed by atoms with van der Waals surface area (Å²) in [5, 5.41) is 16.6. The van der Waals surface area contributed by atoms with Gasteiger partial charge >= 0.3 is 0 Å². The molecule has 10 heteroatoms. The molecule has 0 spiro atoms. The maximum absolute atomic E-state index is 12.7. The minimum Gasteiger partial charge on any atom is -0.326 e. The van der Waals surface area contributed by atoms with Crippen molar-refractivity contribution in [1.82, 2.24) is 4.90 Å². The third kappa shape index (κ3) is 4.48. The van der Waals surface area contributed by atoms with E-state index in [9.17, 15) is 29.3 Å². The standard InChI is InChI=1S/C22H22N4O6/c1-12(2)11-18(27)23-14-7-9-15(10-8-14)24-20(28)13(3)25-21(29)16-5-4-6-17(26(31)32)19(16)22(25)30/h4-10,12-13H,11H2,1-3H3,(H,23,27)(H,24,28). The van der Waals surface area contributed by atoms with Crippen LogP contribution in [0.2, 0.25) is 0 Å². The van der Waals surface area contributed by atoms with Crippen LogP contribution in [-0.2, 0) is 9.59 Å². The number of carbonyl (C=O) groups excluding carboxylic acids is 4. The largest absolute Gasteiger partial charge is 0.326 e. The van der Waals surface area contributed by atoms with Gasteiger partial charge in [-0.3, -0.25) is 34.2 Å². The van der Waals surface area contributed by atoms with Crippen LogP contribution in [0.25, 0.3) is 0 Å². The lowest BCUT2D eigenvalue weighted by molar-refractivity contribution is -0.385. The first-order valence-electron chi connectivity index (χ1n) is 9.96. The van der Waals surface area contributed by atoms with Gasteiger partial charge in [0.05, 0.1) is 10.5 Å². The number of nitro benzene ring substituents is 1. The molecule has 0 radical (unpaired) electrons. The van der Waals surface area contributed by atoms with Gasteiger partial charge in [-0.1, -0.05) is 19.9 Å². The second-order valence-corrected chi connectivity index (χ2v) is 7.83. The number of hydrogen-bond donors (Lipinski definition) is 2. The van der Waals surface area contributed by atoms with E-state index in [1.54, 1.807) is 24.3 Å². The van der Waals surface area contributed by atoms with Crippen LogP contribution in [0, 0.1) is 16.0 Å². The predicted molar refractivity (Wildman–Crippen MR) is 116 cm³/mol. The van der Waals surface area contributed by atoms with Crippen molar-refractivity contribution in [1.29, 1.82) is 0 Å². The summed E-state index contributed by atoms with van der Waals surface area (Å²) in [4.78, 5) is 61.1. The van der Waals surface area contributed by atoms with Crippen LogP contribution >= 0.6 is 0 Å². The molecule has 3 rings (SSSR count). The van der Waals surface area contributed by atoms with Gasteiger partial charge in [0.2, 0.25) is 11.8 Å². The Bertz CT molecular complexity index is 1110. The minimum atomic E-state index is -1.20. The zero-order valence-electron chi connectivity index (χ0n) is 17.7. The summed E-state index contributed by atoms with van der Waals surface area (Å²) in [6.45, 7) is 5.24. The lowest BCUT2D eigenvalue weighted by Crippen LogP contribution is -2.45. The summed E-state index contributed by atoms with van der Waals surface area (Å²) in [6.07, 6.45) is 0.383. The molecule has 0 fully saturated rings. The highest BCUT2D eigenvalue weighted by atomic mass is 16.6. The minimum absolute atomic E-state index is 0.106. The van der Waals surface area contributed by atoms with Gasteiger partial charge in [-0.25, -0.2) is 0 Å². The summed E-state index contributed by atoms with van der Waals surface area (Å²) in [6, 6.07) is 8.95. The van der Waals surface area contributed by atoms with E-state index >= 15 is 0 Å². The summed E-state index contributed by atoms with van der Waals surface area (Å²) in [7, 11) is 0. The number of hydrogen-bond acceptors (Lipinski definition) is 6. The number of anilines is 2. The zero-order valence-corrected chi connectivity index (χ0v) is 17.7. The van der Waals surface area contributed by atoms with Gasteiger partial charge in [0.25, 0.3) is 17.5 Å². The van der Waals surface area contributed by atoms with Gasteiger partial charge in [-0.05, 0) is 43.2 Å². The number of fused-ring (bicyclic) bond motifs is 1. The number of amides is 4. The maximum Gasteiger partial charge on any atom is 0.282 e. The van der Waals surface area contributed by atoms with E-state index in [4.69, 9.17) is 0 Å². The zero-order chi connectivity index (χ0) is 23.6. The number of carbonyl (C=O) groups is 4. The van der Waals surface area contributed by atoms with Gasteiger partial charge in [0.1, 0.15) is 11.6 Å². The Balaban J connectivity index is 1.70. The number of nitrogens with one attached hydrogen (secondary N) is 2. The molecule has 1 atom stereocenters. The monoisotopic (exact) mass is 438 g/mol. The molecule has 1 unspecified atom stereocenters. The lowest BCUT2D eigenvalue weighted by Gasteiger charge is -2.21. The van der Waals surface area contributed by atoms with Gasteiger partial charge in [0, 0.05) is 23.9 Å². The fraction of sp³-hybridized carbons (Fsp3) is 0.273. The van der Waals surface area contributed by atoms with Gasteiger partial charge in [0.15, 0.2) is 0 Å². The molecule has 4 amide bonds. The van der Waals surface area contributed by atoms with Crippen molar-refractivity contribution in [2.24, 2.45) is 5.92 Å². The molecular formula is C22H22N4O6. The molecule has 0 bridgehead atoms. The van der Waals surface area contributed by atoms with Gasteiger partial charge in [-0.15, -0.1) is 0 Å². The van der Waals surface area contributed by atoms with Gasteiger partial charge < -0.3 is 10.6 Å². The van der Waals surface area contributed by atoms with E-state index in [0.29, 0.717) is 22.7 Å². The number of benzene rings is 2. The summed E-state index contributed by atoms with van der Waals surface area (Å²) in [5.74, 6) is -2.19. The first-order valence-corrected chi connectivity index (χ1v) is 9.96. The highest BCUT2D eigenvalue weighted by Gasteiger charge is 2.44. The normalized spacial score (nSPS) is 13.7. The SMILES string of the molecule is CC(C)CC(=O)Nc1ccc(NC(=O)C(C)N2C(=O)c3cccc([N+](=O)[O-])c3C2=O)cc1. The highest BCUT2D eigenvalue weighted by molar-refractivity contribution is 6.24. The fourth-order valence-electron chi connectivity index (χ4n) is 3.37. The Kier molecular flexibility index (Phi) is 6.33. The molecule has 1 heterocycles. The molecule has 0 aromatic heterocycles. The first-order chi connectivity index (χ1) is 15.1. The molecule has 2 N–H and O–H groups in total. The Morgan fingerprint density at radius 1 is 0.969 bits per heavy atom. The maximum atomic E-state index is 12.7. The van der Waals surface area contributed by atoms with Crippen molar-refractivity contribution < 1.29 is 24.1 Å². The van der Waals surface area contributed by atoms with Crippen LogP contribution in [0.15, 0.2) is 42.5 Å². The molecule has 32 heavy (non-hydrogen) atoms. The average molecular weight is 438 g/mol. The average Bonchev–Trinajstić information content (AvgIpc) is 2.98. The van der Waals surface area contributed by atoms with Gasteiger partial charge in [-0.2, -0.15) is 0 Å². The number of nitrogens with zero attached hydrogens (tertiary/aromatic N) is 2. The van der Waals surface area contributed by atoms with E-state index in [0.717, 1.165) is 6.07 Å². The fourth-order valence-corrected chi connectivity index (χ4v) is 3.37.